The van der Waals surface area contributed by atoms with Crippen LogP contribution in [0.15, 0.2) is 0 Å². The minimum atomic E-state index is 0.784. The summed E-state index contributed by atoms with van der Waals surface area (Å²) >= 11 is 4.22. The third-order valence-corrected chi connectivity index (χ3v) is 4.77. The van der Waals surface area contributed by atoms with Gasteiger partial charge in [0, 0.05) is 9.83 Å². The molecule has 0 nitrogen and oxygen atoms in total. The number of hydrogen-bond acceptors (Lipinski definition) is 2. The maximum atomic E-state index is 2.33. The predicted molar refractivity (Wildman–Crippen MR) is 64.2 cm³/mol. The number of thioether (sulfide) groups is 2. The topological polar surface area (TPSA) is 0 Å². The van der Waals surface area contributed by atoms with Crippen molar-refractivity contribution in [2.45, 2.75) is 56.8 Å². The molecular formula is C10H22S2. The first kappa shape index (κ1) is 12.7. The fourth-order valence-corrected chi connectivity index (χ4v) is 3.66. The van der Waals surface area contributed by atoms with E-state index in [9.17, 15) is 0 Å². The zero-order valence-electron chi connectivity index (χ0n) is 8.80. The van der Waals surface area contributed by atoms with E-state index in [4.69, 9.17) is 0 Å². The van der Waals surface area contributed by atoms with Crippen LogP contribution in [0.4, 0.5) is 0 Å². The summed E-state index contributed by atoms with van der Waals surface area (Å²) in [4.78, 5) is 0. The second-order valence-corrected chi connectivity index (χ2v) is 6.68. The second-order valence-electron chi connectivity index (χ2n) is 3.15. The first-order valence-corrected chi connectivity index (χ1v) is 6.96. The van der Waals surface area contributed by atoms with Crippen LogP contribution in [-0.4, -0.2) is 15.6 Å². The summed E-state index contributed by atoms with van der Waals surface area (Å²) in [6.07, 6.45) is 3.99. The van der Waals surface area contributed by atoms with E-state index in [1.807, 2.05) is 0 Å². The van der Waals surface area contributed by atoms with Crippen molar-refractivity contribution < 1.29 is 0 Å². The van der Waals surface area contributed by atoms with E-state index in [1.54, 1.807) is 0 Å². The summed E-state index contributed by atoms with van der Waals surface area (Å²) in [7, 11) is 0. The summed E-state index contributed by atoms with van der Waals surface area (Å²) in [6.45, 7) is 9.17. The predicted octanol–water partition coefficient (Wildman–Crippen LogP) is 4.40. The molecule has 0 aliphatic rings. The Labute approximate surface area is 86.3 Å². The summed E-state index contributed by atoms with van der Waals surface area (Å²) in [5.41, 5.74) is 0. The molecule has 0 radical (unpaired) electrons. The fourth-order valence-electron chi connectivity index (χ4n) is 0.856. The van der Waals surface area contributed by atoms with Gasteiger partial charge >= 0.3 is 0 Å². The highest BCUT2D eigenvalue weighted by Gasteiger charge is 2.06. The van der Waals surface area contributed by atoms with Gasteiger partial charge in [-0.1, -0.05) is 27.2 Å². The van der Waals surface area contributed by atoms with Crippen molar-refractivity contribution in [2.24, 2.45) is 0 Å². The molecular weight excluding hydrogens is 184 g/mol. The maximum absolute atomic E-state index is 2.33. The number of hydrogen-bond donors (Lipinski definition) is 0. The van der Waals surface area contributed by atoms with Crippen LogP contribution in [0.5, 0.6) is 0 Å². The molecule has 74 valence electrons. The molecule has 0 amide bonds. The lowest BCUT2D eigenvalue weighted by Crippen LogP contribution is -2.00. The third-order valence-electron chi connectivity index (χ3n) is 1.85. The van der Waals surface area contributed by atoms with Crippen LogP contribution in [0.3, 0.4) is 0 Å². The Morgan fingerprint density at radius 2 is 1.83 bits per heavy atom. The average molecular weight is 206 g/mol. The quantitative estimate of drug-likeness (QED) is 0.447. The van der Waals surface area contributed by atoms with Crippen molar-refractivity contribution in [1.82, 2.24) is 0 Å². The van der Waals surface area contributed by atoms with Crippen molar-refractivity contribution in [3.05, 3.63) is 0 Å². The van der Waals surface area contributed by atoms with Crippen molar-refractivity contribution in [2.75, 3.05) is 5.75 Å². The van der Waals surface area contributed by atoms with Crippen LogP contribution < -0.4 is 0 Å². The molecule has 0 spiro atoms. The summed E-state index contributed by atoms with van der Waals surface area (Å²) < 4.78 is 0.784. The molecule has 0 aromatic carbocycles. The highest BCUT2D eigenvalue weighted by atomic mass is 32.2. The van der Waals surface area contributed by atoms with Gasteiger partial charge in [0.2, 0.25) is 0 Å². The lowest BCUT2D eigenvalue weighted by molar-refractivity contribution is 0.893. The van der Waals surface area contributed by atoms with Gasteiger partial charge in [0.05, 0.1) is 0 Å². The molecule has 0 aromatic heterocycles. The van der Waals surface area contributed by atoms with E-state index < -0.39 is 0 Å². The maximum Gasteiger partial charge on any atom is 0.0477 e. The van der Waals surface area contributed by atoms with E-state index in [2.05, 4.69) is 51.2 Å². The van der Waals surface area contributed by atoms with E-state index in [0.717, 1.165) is 9.83 Å². The lowest BCUT2D eigenvalue weighted by Gasteiger charge is -2.14. The first-order chi connectivity index (χ1) is 5.70. The Hall–Kier alpha value is 0.700. The van der Waals surface area contributed by atoms with Gasteiger partial charge in [-0.25, -0.2) is 0 Å². The molecule has 0 saturated heterocycles. The Bertz CT molecular complexity index is 93.8. The van der Waals surface area contributed by atoms with Crippen molar-refractivity contribution >= 4 is 23.5 Å². The average Bonchev–Trinajstić information content (AvgIpc) is 2.05. The SMILES string of the molecule is CCCCSC(C)SC(C)CC. The van der Waals surface area contributed by atoms with Crippen LogP contribution in [-0.2, 0) is 0 Å². The molecule has 0 aliphatic heterocycles. The molecule has 0 aromatic rings. The molecule has 0 fully saturated rings. The third kappa shape index (κ3) is 7.35. The van der Waals surface area contributed by atoms with Crippen LogP contribution in [0.1, 0.15) is 47.0 Å². The van der Waals surface area contributed by atoms with Crippen LogP contribution in [0.25, 0.3) is 0 Å². The van der Waals surface area contributed by atoms with Gasteiger partial charge in [-0.05, 0) is 25.5 Å². The van der Waals surface area contributed by atoms with E-state index in [0.29, 0.717) is 0 Å². The van der Waals surface area contributed by atoms with Crippen molar-refractivity contribution in [1.29, 1.82) is 0 Å². The highest BCUT2D eigenvalue weighted by Crippen LogP contribution is 2.28. The molecule has 2 unspecified atom stereocenters. The van der Waals surface area contributed by atoms with Crippen molar-refractivity contribution in [3.8, 4) is 0 Å². The molecule has 0 aliphatic carbocycles. The van der Waals surface area contributed by atoms with E-state index in [1.165, 1.54) is 25.0 Å². The van der Waals surface area contributed by atoms with Gasteiger partial charge in [0.1, 0.15) is 0 Å². The Morgan fingerprint density at radius 3 is 2.33 bits per heavy atom. The molecule has 2 atom stereocenters. The number of unbranched alkanes of at least 4 members (excludes halogenated alkanes) is 1. The van der Waals surface area contributed by atoms with E-state index in [-0.39, 0.29) is 0 Å². The molecule has 0 heterocycles. The molecule has 0 N–H and O–H groups in total. The second kappa shape index (κ2) is 8.31. The highest BCUT2D eigenvalue weighted by molar-refractivity contribution is 8.17. The lowest BCUT2D eigenvalue weighted by atomic mass is 10.4. The Morgan fingerprint density at radius 1 is 1.17 bits per heavy atom. The van der Waals surface area contributed by atoms with Crippen LogP contribution in [0, 0.1) is 0 Å². The number of rotatable bonds is 7. The standard InChI is InChI=1S/C10H22S2/c1-5-7-8-11-10(4)12-9(3)6-2/h9-10H,5-8H2,1-4H3. The van der Waals surface area contributed by atoms with Gasteiger partial charge in [-0.3, -0.25) is 0 Å². The van der Waals surface area contributed by atoms with Gasteiger partial charge in [-0.15, -0.1) is 23.5 Å². The Kier molecular flexibility index (Phi) is 8.79. The largest absolute Gasteiger partial charge is 0.148 e. The minimum absolute atomic E-state index is 0.784. The van der Waals surface area contributed by atoms with Gasteiger partial charge < -0.3 is 0 Å². The zero-order valence-corrected chi connectivity index (χ0v) is 10.4. The minimum Gasteiger partial charge on any atom is -0.148 e. The van der Waals surface area contributed by atoms with Gasteiger partial charge in [0.15, 0.2) is 0 Å². The fraction of sp³-hybridized carbons (Fsp3) is 1.00. The molecule has 2 heteroatoms. The summed E-state index contributed by atoms with van der Waals surface area (Å²) in [5, 5.41) is 0.828. The monoisotopic (exact) mass is 206 g/mol. The van der Waals surface area contributed by atoms with Crippen LogP contribution in [0.2, 0.25) is 0 Å². The summed E-state index contributed by atoms with van der Waals surface area (Å²) in [6, 6.07) is 0. The van der Waals surface area contributed by atoms with Gasteiger partial charge in [-0.2, -0.15) is 0 Å². The van der Waals surface area contributed by atoms with Crippen LogP contribution >= 0.6 is 23.5 Å². The Balaban J connectivity index is 3.26. The molecule has 12 heavy (non-hydrogen) atoms. The zero-order chi connectivity index (χ0) is 9.40. The first-order valence-electron chi connectivity index (χ1n) is 4.97. The molecule has 0 rings (SSSR count). The van der Waals surface area contributed by atoms with E-state index >= 15 is 0 Å². The normalized spacial score (nSPS) is 16.0. The van der Waals surface area contributed by atoms with Gasteiger partial charge in [0.25, 0.3) is 0 Å². The summed E-state index contributed by atoms with van der Waals surface area (Å²) in [5.74, 6) is 1.33. The molecule has 0 saturated carbocycles. The van der Waals surface area contributed by atoms with Crippen molar-refractivity contribution in [3.63, 3.8) is 0 Å². The smallest absolute Gasteiger partial charge is 0.0477 e. The molecule has 0 bridgehead atoms.